The normalized spacial score (nSPS) is 10.8. The number of nitrogen functional groups attached to an aromatic ring is 1. The van der Waals surface area contributed by atoms with Crippen molar-refractivity contribution in [1.82, 2.24) is 9.55 Å². The van der Waals surface area contributed by atoms with Crippen molar-refractivity contribution in [3.8, 4) is 0 Å². The molecule has 0 atom stereocenters. The van der Waals surface area contributed by atoms with Crippen molar-refractivity contribution in [2.75, 3.05) is 5.73 Å². The van der Waals surface area contributed by atoms with Crippen LogP contribution < -0.4 is 5.73 Å². The third kappa shape index (κ3) is 2.93. The minimum Gasteiger partial charge on any atom is -0.369 e. The molecule has 0 fully saturated rings. The van der Waals surface area contributed by atoms with Crippen LogP contribution in [0.4, 0.5) is 5.95 Å². The van der Waals surface area contributed by atoms with Crippen molar-refractivity contribution >= 4 is 29.2 Å². The van der Waals surface area contributed by atoms with Gasteiger partial charge >= 0.3 is 0 Å². The van der Waals surface area contributed by atoms with Crippen molar-refractivity contribution in [2.45, 2.75) is 19.9 Å². The smallest absolute Gasteiger partial charge is 0.200 e. The van der Waals surface area contributed by atoms with E-state index in [1.165, 1.54) is 0 Å². The summed E-state index contributed by atoms with van der Waals surface area (Å²) in [4.78, 5) is 4.15. The molecule has 0 aliphatic carbocycles. The zero-order valence-electron chi connectivity index (χ0n) is 9.45. The lowest BCUT2D eigenvalue weighted by molar-refractivity contribution is 0.705. The molecular formula is C12H13Cl2N3. The summed E-state index contributed by atoms with van der Waals surface area (Å²) in [6, 6.07) is 5.52. The lowest BCUT2D eigenvalue weighted by Gasteiger charge is -2.06. The van der Waals surface area contributed by atoms with E-state index in [0.29, 0.717) is 16.0 Å². The topological polar surface area (TPSA) is 43.8 Å². The van der Waals surface area contributed by atoms with Gasteiger partial charge in [0.1, 0.15) is 0 Å². The van der Waals surface area contributed by atoms with Crippen LogP contribution in [0.15, 0.2) is 24.4 Å². The molecule has 1 aromatic heterocycles. The van der Waals surface area contributed by atoms with E-state index in [4.69, 9.17) is 28.9 Å². The Bertz CT molecular complexity index is 535. The highest BCUT2D eigenvalue weighted by atomic mass is 35.5. The number of nitrogens with zero attached hydrogens (tertiary/aromatic N) is 2. The molecule has 2 N–H and O–H groups in total. The van der Waals surface area contributed by atoms with Crippen molar-refractivity contribution in [3.05, 3.63) is 45.7 Å². The number of benzene rings is 1. The van der Waals surface area contributed by atoms with Gasteiger partial charge in [0.15, 0.2) is 5.95 Å². The van der Waals surface area contributed by atoms with Crippen LogP contribution in [0.25, 0.3) is 0 Å². The van der Waals surface area contributed by atoms with Gasteiger partial charge in [-0.3, -0.25) is 0 Å². The van der Waals surface area contributed by atoms with Crippen LogP contribution in [0.1, 0.15) is 11.3 Å². The van der Waals surface area contributed by atoms with Gasteiger partial charge in [-0.05, 0) is 31.0 Å². The lowest BCUT2D eigenvalue weighted by atomic mass is 10.1. The Balaban J connectivity index is 2.10. The van der Waals surface area contributed by atoms with E-state index >= 15 is 0 Å². The fourth-order valence-corrected chi connectivity index (χ4v) is 2.21. The standard InChI is InChI=1S/C12H13Cl2N3/c1-8-7-17(12(15)16-8)5-4-9-2-3-10(13)6-11(9)14/h2-3,6-7H,4-5H2,1H3,(H2,15,16). The minimum atomic E-state index is 0.535. The minimum absolute atomic E-state index is 0.535. The van der Waals surface area contributed by atoms with Crippen molar-refractivity contribution < 1.29 is 0 Å². The van der Waals surface area contributed by atoms with E-state index in [2.05, 4.69) is 4.98 Å². The molecule has 90 valence electrons. The van der Waals surface area contributed by atoms with E-state index < -0.39 is 0 Å². The van der Waals surface area contributed by atoms with Crippen molar-refractivity contribution in [2.24, 2.45) is 0 Å². The number of hydrogen-bond acceptors (Lipinski definition) is 2. The molecule has 2 aromatic rings. The first kappa shape index (κ1) is 12.3. The molecule has 1 aromatic carbocycles. The van der Waals surface area contributed by atoms with E-state index in [0.717, 1.165) is 24.2 Å². The van der Waals surface area contributed by atoms with Gasteiger partial charge in [0, 0.05) is 22.8 Å². The first-order valence-corrected chi connectivity index (χ1v) is 6.05. The van der Waals surface area contributed by atoms with Crippen molar-refractivity contribution in [1.29, 1.82) is 0 Å². The molecule has 0 aliphatic rings. The molecule has 0 saturated carbocycles. The van der Waals surface area contributed by atoms with E-state index in [9.17, 15) is 0 Å². The molecular weight excluding hydrogens is 257 g/mol. The first-order chi connectivity index (χ1) is 8.06. The molecule has 5 heteroatoms. The SMILES string of the molecule is Cc1cn(CCc2ccc(Cl)cc2Cl)c(N)n1. The van der Waals surface area contributed by atoms with Crippen LogP contribution in [-0.4, -0.2) is 9.55 Å². The molecule has 3 nitrogen and oxygen atoms in total. The Morgan fingerprint density at radius 3 is 2.71 bits per heavy atom. The summed E-state index contributed by atoms with van der Waals surface area (Å²) in [5.74, 6) is 0.535. The Labute approximate surface area is 110 Å². The summed E-state index contributed by atoms with van der Waals surface area (Å²) in [5, 5.41) is 1.34. The molecule has 0 spiro atoms. The predicted molar refractivity (Wildman–Crippen MR) is 71.5 cm³/mol. The Morgan fingerprint density at radius 1 is 1.35 bits per heavy atom. The van der Waals surface area contributed by atoms with Gasteiger partial charge in [0.25, 0.3) is 0 Å². The predicted octanol–water partition coefficient (Wildman–Crippen LogP) is 3.32. The average Bonchev–Trinajstić information content (AvgIpc) is 2.56. The number of nitrogens with two attached hydrogens (primary N) is 1. The maximum atomic E-state index is 6.10. The highest BCUT2D eigenvalue weighted by molar-refractivity contribution is 6.35. The van der Waals surface area contributed by atoms with Gasteiger partial charge in [0.05, 0.1) is 5.69 Å². The molecule has 2 rings (SSSR count). The van der Waals surface area contributed by atoms with Crippen LogP contribution in [0.2, 0.25) is 10.0 Å². The molecule has 17 heavy (non-hydrogen) atoms. The van der Waals surface area contributed by atoms with Crippen molar-refractivity contribution in [3.63, 3.8) is 0 Å². The van der Waals surface area contributed by atoms with E-state index in [1.807, 2.05) is 29.8 Å². The largest absolute Gasteiger partial charge is 0.369 e. The number of anilines is 1. The maximum Gasteiger partial charge on any atom is 0.200 e. The fourth-order valence-electron chi connectivity index (χ4n) is 1.71. The number of hydrogen-bond donors (Lipinski definition) is 1. The summed E-state index contributed by atoms with van der Waals surface area (Å²) in [7, 11) is 0. The lowest BCUT2D eigenvalue weighted by Crippen LogP contribution is -2.05. The molecule has 1 heterocycles. The summed E-state index contributed by atoms with van der Waals surface area (Å²) in [6.45, 7) is 2.68. The van der Waals surface area contributed by atoms with Crippen LogP contribution in [-0.2, 0) is 13.0 Å². The van der Waals surface area contributed by atoms with Gasteiger partial charge in [-0.2, -0.15) is 0 Å². The Hall–Kier alpha value is -1.19. The maximum absolute atomic E-state index is 6.10. The highest BCUT2D eigenvalue weighted by Crippen LogP contribution is 2.22. The van der Waals surface area contributed by atoms with Crippen LogP contribution in [0, 0.1) is 6.92 Å². The number of halogens is 2. The Morgan fingerprint density at radius 2 is 2.12 bits per heavy atom. The summed E-state index contributed by atoms with van der Waals surface area (Å²) >= 11 is 11.9. The fraction of sp³-hybridized carbons (Fsp3) is 0.250. The molecule has 0 unspecified atom stereocenters. The van der Waals surface area contributed by atoms with Gasteiger partial charge in [0.2, 0.25) is 0 Å². The average molecular weight is 270 g/mol. The quantitative estimate of drug-likeness (QED) is 0.929. The van der Waals surface area contributed by atoms with Gasteiger partial charge in [-0.1, -0.05) is 29.3 Å². The first-order valence-electron chi connectivity index (χ1n) is 5.29. The van der Waals surface area contributed by atoms with E-state index in [1.54, 1.807) is 6.07 Å². The number of aromatic nitrogens is 2. The van der Waals surface area contributed by atoms with E-state index in [-0.39, 0.29) is 0 Å². The molecule has 0 saturated heterocycles. The molecule has 0 amide bonds. The molecule has 0 bridgehead atoms. The second-order valence-electron chi connectivity index (χ2n) is 3.92. The zero-order chi connectivity index (χ0) is 12.4. The third-order valence-corrected chi connectivity index (χ3v) is 3.15. The second kappa shape index (κ2) is 4.98. The highest BCUT2D eigenvalue weighted by Gasteiger charge is 2.04. The molecule has 0 radical (unpaired) electrons. The number of imidazole rings is 1. The van der Waals surface area contributed by atoms with Crippen LogP contribution >= 0.6 is 23.2 Å². The monoisotopic (exact) mass is 269 g/mol. The number of aryl methyl sites for hydroxylation is 3. The Kier molecular flexibility index (Phi) is 3.60. The van der Waals surface area contributed by atoms with Crippen LogP contribution in [0.3, 0.4) is 0 Å². The summed E-state index contributed by atoms with van der Waals surface area (Å²) < 4.78 is 1.92. The molecule has 0 aliphatic heterocycles. The second-order valence-corrected chi connectivity index (χ2v) is 4.76. The number of rotatable bonds is 3. The summed E-state index contributed by atoms with van der Waals surface area (Å²) in [6.07, 6.45) is 2.73. The summed E-state index contributed by atoms with van der Waals surface area (Å²) in [5.41, 5.74) is 7.74. The van der Waals surface area contributed by atoms with Gasteiger partial charge in [-0.15, -0.1) is 0 Å². The third-order valence-electron chi connectivity index (χ3n) is 2.56. The van der Waals surface area contributed by atoms with Gasteiger partial charge in [-0.25, -0.2) is 4.98 Å². The van der Waals surface area contributed by atoms with Crippen LogP contribution in [0.5, 0.6) is 0 Å². The van der Waals surface area contributed by atoms with Gasteiger partial charge < -0.3 is 10.3 Å². The zero-order valence-corrected chi connectivity index (χ0v) is 11.0.